The lowest BCUT2D eigenvalue weighted by Crippen LogP contribution is -2.39. The second-order valence-electron chi connectivity index (χ2n) is 7.63. The first-order valence-electron chi connectivity index (χ1n) is 9.36. The van der Waals surface area contributed by atoms with E-state index in [0.29, 0.717) is 6.54 Å². The van der Waals surface area contributed by atoms with Gasteiger partial charge in [-0.1, -0.05) is 20.8 Å². The highest BCUT2D eigenvalue weighted by Crippen LogP contribution is 2.26. The summed E-state index contributed by atoms with van der Waals surface area (Å²) in [6.07, 6.45) is 0.874. The van der Waals surface area contributed by atoms with Crippen LogP contribution in [-0.4, -0.2) is 50.7 Å². The molecule has 2 aromatic rings. The van der Waals surface area contributed by atoms with Gasteiger partial charge >= 0.3 is 0 Å². The third-order valence-corrected chi connectivity index (χ3v) is 5.33. The summed E-state index contributed by atoms with van der Waals surface area (Å²) in [7, 11) is 7.13. The third-order valence-electron chi connectivity index (χ3n) is 4.42. The van der Waals surface area contributed by atoms with Gasteiger partial charge in [0, 0.05) is 56.0 Å². The third kappa shape index (κ3) is 7.33. The van der Waals surface area contributed by atoms with E-state index in [0.717, 1.165) is 46.7 Å². The molecule has 0 spiro atoms. The number of aromatic nitrogens is 1. The van der Waals surface area contributed by atoms with E-state index >= 15 is 0 Å². The number of methoxy groups -OCH3 is 2. The zero-order valence-electron chi connectivity index (χ0n) is 18.4. The Balaban J connectivity index is 0.00000420. The van der Waals surface area contributed by atoms with Crippen molar-refractivity contribution in [2.45, 2.75) is 39.2 Å². The van der Waals surface area contributed by atoms with Crippen molar-refractivity contribution in [3.05, 3.63) is 39.8 Å². The van der Waals surface area contributed by atoms with E-state index in [1.54, 1.807) is 32.6 Å². The molecule has 0 atom stereocenters. The molecule has 1 N–H and O–H groups in total. The van der Waals surface area contributed by atoms with E-state index in [1.165, 1.54) is 0 Å². The Bertz CT molecular complexity index is 802. The van der Waals surface area contributed by atoms with Gasteiger partial charge in [-0.3, -0.25) is 4.99 Å². The molecule has 0 saturated carbocycles. The number of thiazole rings is 1. The zero-order valence-corrected chi connectivity index (χ0v) is 21.6. The fraction of sp³-hybridized carbons (Fsp3) is 0.524. The number of nitrogens with one attached hydrogen (secondary N) is 1. The molecule has 0 aliphatic carbocycles. The smallest absolute Gasteiger partial charge is 0.193 e. The number of hydrogen-bond acceptors (Lipinski definition) is 5. The molecule has 162 valence electrons. The number of rotatable bonds is 7. The molecule has 0 radical (unpaired) electrons. The molecule has 0 aliphatic rings. The predicted molar refractivity (Wildman–Crippen MR) is 132 cm³/mol. The normalized spacial score (nSPS) is 11.6. The molecule has 0 saturated heterocycles. The average molecular weight is 532 g/mol. The van der Waals surface area contributed by atoms with Crippen LogP contribution in [0.2, 0.25) is 0 Å². The highest BCUT2D eigenvalue weighted by atomic mass is 127. The molecule has 0 aliphatic heterocycles. The maximum absolute atomic E-state index is 5.50. The van der Waals surface area contributed by atoms with Gasteiger partial charge < -0.3 is 19.7 Å². The van der Waals surface area contributed by atoms with Crippen LogP contribution in [0.25, 0.3) is 0 Å². The zero-order chi connectivity index (χ0) is 20.7. The number of benzene rings is 1. The maximum atomic E-state index is 5.50. The summed E-state index contributed by atoms with van der Waals surface area (Å²) >= 11 is 1.72. The Kier molecular flexibility index (Phi) is 10.2. The van der Waals surface area contributed by atoms with Crippen molar-refractivity contribution in [3.63, 3.8) is 0 Å². The first-order valence-corrected chi connectivity index (χ1v) is 10.2. The quantitative estimate of drug-likeness (QED) is 0.327. The fourth-order valence-corrected chi connectivity index (χ4v) is 3.77. The molecule has 0 fully saturated rings. The molecule has 1 aromatic carbocycles. The van der Waals surface area contributed by atoms with Crippen LogP contribution in [0.4, 0.5) is 0 Å². The van der Waals surface area contributed by atoms with Crippen molar-refractivity contribution in [3.8, 4) is 11.5 Å². The lowest BCUT2D eigenvalue weighted by molar-refractivity contribution is 0.382. The first kappa shape index (κ1) is 25.5. The summed E-state index contributed by atoms with van der Waals surface area (Å²) in [5, 5.41) is 6.73. The Morgan fingerprint density at radius 3 is 2.52 bits per heavy atom. The van der Waals surface area contributed by atoms with Gasteiger partial charge in [0.2, 0.25) is 0 Å². The van der Waals surface area contributed by atoms with Crippen molar-refractivity contribution in [2.24, 2.45) is 4.99 Å². The van der Waals surface area contributed by atoms with Crippen molar-refractivity contribution in [1.82, 2.24) is 15.2 Å². The van der Waals surface area contributed by atoms with Crippen LogP contribution in [0.1, 0.15) is 37.0 Å². The van der Waals surface area contributed by atoms with Gasteiger partial charge in [-0.05, 0) is 12.1 Å². The Morgan fingerprint density at radius 2 is 1.97 bits per heavy atom. The van der Waals surface area contributed by atoms with Crippen molar-refractivity contribution in [2.75, 3.05) is 34.9 Å². The van der Waals surface area contributed by atoms with Crippen LogP contribution >= 0.6 is 35.3 Å². The first-order chi connectivity index (χ1) is 13.3. The van der Waals surface area contributed by atoms with E-state index in [9.17, 15) is 0 Å². The summed E-state index contributed by atoms with van der Waals surface area (Å²) < 4.78 is 10.8. The summed E-state index contributed by atoms with van der Waals surface area (Å²) in [5.74, 6) is 2.42. The highest BCUT2D eigenvalue weighted by molar-refractivity contribution is 14.0. The number of halogens is 1. The van der Waals surface area contributed by atoms with Crippen molar-refractivity contribution in [1.29, 1.82) is 0 Å². The largest absolute Gasteiger partial charge is 0.497 e. The number of guanidine groups is 1. The second-order valence-corrected chi connectivity index (χ2v) is 8.58. The van der Waals surface area contributed by atoms with Crippen LogP contribution in [0, 0.1) is 0 Å². The maximum Gasteiger partial charge on any atom is 0.193 e. The standard InChI is InChI=1S/C21H32N4O2S.HI/c1-21(2,3)18-14-28-19(24-18)10-11-23-20(22-4)25(5)13-15-8-9-16(26-6)12-17(15)27-7;/h8-9,12,14H,10-11,13H2,1-7H3,(H,22,23);1H. The van der Waals surface area contributed by atoms with Crippen LogP contribution < -0.4 is 14.8 Å². The van der Waals surface area contributed by atoms with Crippen molar-refractivity contribution >= 4 is 41.3 Å². The average Bonchev–Trinajstić information content (AvgIpc) is 3.15. The molecule has 2 rings (SSSR count). The number of hydrogen-bond donors (Lipinski definition) is 1. The number of nitrogens with zero attached hydrogens (tertiary/aromatic N) is 3. The predicted octanol–water partition coefficient (Wildman–Crippen LogP) is 4.33. The minimum atomic E-state index is 0. The molecule has 29 heavy (non-hydrogen) atoms. The van der Waals surface area contributed by atoms with Gasteiger partial charge in [0.15, 0.2) is 5.96 Å². The fourth-order valence-electron chi connectivity index (χ4n) is 2.75. The second kappa shape index (κ2) is 11.6. The van der Waals surface area contributed by atoms with Crippen LogP contribution in [0.3, 0.4) is 0 Å². The molecule has 8 heteroatoms. The molecule has 1 aromatic heterocycles. The Morgan fingerprint density at radius 1 is 1.24 bits per heavy atom. The van der Waals surface area contributed by atoms with E-state index in [1.807, 2.05) is 25.2 Å². The van der Waals surface area contributed by atoms with Gasteiger partial charge in [0.05, 0.1) is 24.9 Å². The lowest BCUT2D eigenvalue weighted by atomic mass is 9.93. The molecular formula is C21H33IN4O2S. The van der Waals surface area contributed by atoms with Gasteiger partial charge in [-0.25, -0.2) is 4.98 Å². The molecule has 6 nitrogen and oxygen atoms in total. The van der Waals surface area contributed by atoms with Gasteiger partial charge in [-0.2, -0.15) is 0 Å². The van der Waals surface area contributed by atoms with E-state index in [-0.39, 0.29) is 29.4 Å². The van der Waals surface area contributed by atoms with Crippen molar-refractivity contribution < 1.29 is 9.47 Å². The summed E-state index contributed by atoms with van der Waals surface area (Å²) in [5.41, 5.74) is 2.32. The Hall–Kier alpha value is -1.55. The minimum Gasteiger partial charge on any atom is -0.497 e. The SMILES string of the molecule is CN=C(NCCc1nc(C(C)(C)C)cs1)N(C)Cc1ccc(OC)cc1OC.I. The summed E-state index contributed by atoms with van der Waals surface area (Å²) in [6.45, 7) is 8.03. The highest BCUT2D eigenvalue weighted by Gasteiger charge is 2.17. The Labute approximate surface area is 195 Å². The lowest BCUT2D eigenvalue weighted by Gasteiger charge is -2.23. The number of aliphatic imine (C=N–C) groups is 1. The van der Waals surface area contributed by atoms with Gasteiger partial charge in [-0.15, -0.1) is 35.3 Å². The van der Waals surface area contributed by atoms with E-state index < -0.39 is 0 Å². The summed E-state index contributed by atoms with van der Waals surface area (Å²) in [4.78, 5) is 11.2. The van der Waals surface area contributed by atoms with E-state index in [2.05, 4.69) is 41.4 Å². The van der Waals surface area contributed by atoms with Gasteiger partial charge in [0.1, 0.15) is 11.5 Å². The molecular weight excluding hydrogens is 499 g/mol. The van der Waals surface area contributed by atoms with E-state index in [4.69, 9.17) is 14.5 Å². The molecule has 1 heterocycles. The molecule has 0 bridgehead atoms. The van der Waals surface area contributed by atoms with Gasteiger partial charge in [0.25, 0.3) is 0 Å². The topological polar surface area (TPSA) is 59.0 Å². The summed E-state index contributed by atoms with van der Waals surface area (Å²) in [6, 6.07) is 5.86. The van der Waals surface area contributed by atoms with Crippen LogP contribution in [-0.2, 0) is 18.4 Å². The molecule has 0 unspecified atom stereocenters. The minimum absolute atomic E-state index is 0. The van der Waals surface area contributed by atoms with Crippen LogP contribution in [0.5, 0.6) is 11.5 Å². The number of ether oxygens (including phenoxy) is 2. The molecule has 0 amide bonds. The van der Waals surface area contributed by atoms with Crippen LogP contribution in [0.15, 0.2) is 28.6 Å². The monoisotopic (exact) mass is 532 g/mol.